The molecule has 0 radical (unpaired) electrons. The van der Waals surface area contributed by atoms with Gasteiger partial charge < -0.3 is 5.32 Å². The zero-order valence-electron chi connectivity index (χ0n) is 11.8. The van der Waals surface area contributed by atoms with Gasteiger partial charge in [-0.15, -0.1) is 0 Å². The molecule has 0 aromatic carbocycles. The van der Waals surface area contributed by atoms with E-state index in [-0.39, 0.29) is 0 Å². The first-order valence-electron chi connectivity index (χ1n) is 6.94. The molecule has 0 atom stereocenters. The molecule has 19 heavy (non-hydrogen) atoms. The molecule has 1 aliphatic rings. The number of hydrogen-bond acceptors (Lipinski definition) is 2. The molecule has 1 aromatic rings. The summed E-state index contributed by atoms with van der Waals surface area (Å²) in [6.07, 6.45) is 6.81. The molecule has 0 spiro atoms. The molecule has 2 nitrogen and oxygen atoms in total. The summed E-state index contributed by atoms with van der Waals surface area (Å²) < 4.78 is 0.870. The zero-order chi connectivity index (χ0) is 14.0. The lowest BCUT2D eigenvalue weighted by Crippen LogP contribution is -2.31. The minimum Gasteiger partial charge on any atom is -0.381 e. The third kappa shape index (κ3) is 3.85. The number of nitrogens with zero attached hydrogens (tertiary/aromatic N) is 1. The van der Waals surface area contributed by atoms with Crippen LogP contribution in [0.25, 0.3) is 0 Å². The Hall–Kier alpha value is -0.280. The number of halogens is 2. The Bertz CT molecular complexity index is 434. The molecule has 0 unspecified atom stereocenters. The largest absolute Gasteiger partial charge is 0.381 e. The Kier molecular flexibility index (Phi) is 4.78. The fourth-order valence-corrected chi connectivity index (χ4v) is 3.36. The maximum atomic E-state index is 6.02. The Morgan fingerprint density at radius 2 is 1.89 bits per heavy atom. The summed E-state index contributed by atoms with van der Waals surface area (Å²) in [7, 11) is 0. The highest BCUT2D eigenvalue weighted by molar-refractivity contribution is 9.10. The average molecular weight is 346 g/mol. The van der Waals surface area contributed by atoms with Crippen molar-refractivity contribution in [3.05, 3.63) is 21.9 Å². The van der Waals surface area contributed by atoms with Gasteiger partial charge in [0.15, 0.2) is 0 Å². The summed E-state index contributed by atoms with van der Waals surface area (Å²) in [5.41, 5.74) is 1.49. The van der Waals surface area contributed by atoms with Crippen LogP contribution >= 0.6 is 27.5 Å². The maximum Gasteiger partial charge on any atom is 0.145 e. The second-order valence-corrected chi connectivity index (χ2v) is 7.67. The van der Waals surface area contributed by atoms with Crippen molar-refractivity contribution in [3.63, 3.8) is 0 Å². The number of pyridine rings is 1. The van der Waals surface area contributed by atoms with Gasteiger partial charge in [0.25, 0.3) is 0 Å². The first-order valence-corrected chi connectivity index (χ1v) is 8.11. The van der Waals surface area contributed by atoms with Crippen molar-refractivity contribution >= 4 is 33.2 Å². The molecule has 4 heteroatoms. The highest BCUT2D eigenvalue weighted by Gasteiger charge is 2.29. The van der Waals surface area contributed by atoms with Crippen LogP contribution in [0, 0.1) is 11.3 Å². The quantitative estimate of drug-likeness (QED) is 0.714. The SMILES string of the molecule is CC(C)(C)C1CCC(Nc2ccnc(Cl)c2Br)CC1. The van der Waals surface area contributed by atoms with E-state index < -0.39 is 0 Å². The smallest absolute Gasteiger partial charge is 0.145 e. The summed E-state index contributed by atoms with van der Waals surface area (Å²) in [5.74, 6) is 0.843. The molecular weight excluding hydrogens is 324 g/mol. The first-order chi connectivity index (χ1) is 8.88. The van der Waals surface area contributed by atoms with E-state index in [2.05, 4.69) is 47.0 Å². The lowest BCUT2D eigenvalue weighted by atomic mass is 9.71. The van der Waals surface area contributed by atoms with Crippen LogP contribution in [-0.4, -0.2) is 11.0 Å². The van der Waals surface area contributed by atoms with Gasteiger partial charge in [-0.05, 0) is 59.0 Å². The van der Waals surface area contributed by atoms with E-state index in [9.17, 15) is 0 Å². The fraction of sp³-hybridized carbons (Fsp3) is 0.667. The van der Waals surface area contributed by atoms with E-state index in [1.807, 2.05) is 6.07 Å². The number of nitrogens with one attached hydrogen (secondary N) is 1. The molecule has 106 valence electrons. The summed E-state index contributed by atoms with van der Waals surface area (Å²) in [5, 5.41) is 4.11. The van der Waals surface area contributed by atoms with Crippen LogP contribution < -0.4 is 5.32 Å². The van der Waals surface area contributed by atoms with Crippen molar-refractivity contribution in [1.29, 1.82) is 0 Å². The minimum atomic E-state index is 0.436. The van der Waals surface area contributed by atoms with E-state index in [0.717, 1.165) is 16.1 Å². The Labute approximate surface area is 129 Å². The standard InChI is InChI=1S/C15H22BrClN2/c1-15(2,3)10-4-6-11(7-5-10)19-12-8-9-18-14(17)13(12)16/h8-11H,4-7H2,1-3H3,(H,18,19). The average Bonchev–Trinajstić information content (AvgIpc) is 2.35. The van der Waals surface area contributed by atoms with Gasteiger partial charge in [0.05, 0.1) is 10.2 Å². The highest BCUT2D eigenvalue weighted by atomic mass is 79.9. The van der Waals surface area contributed by atoms with Crippen molar-refractivity contribution in [2.24, 2.45) is 11.3 Å². The Morgan fingerprint density at radius 1 is 1.26 bits per heavy atom. The molecule has 1 aromatic heterocycles. The normalized spacial score (nSPS) is 24.3. The monoisotopic (exact) mass is 344 g/mol. The number of hydrogen-bond donors (Lipinski definition) is 1. The molecule has 1 N–H and O–H groups in total. The predicted octanol–water partition coefficient (Wildman–Crippen LogP) is 5.51. The fourth-order valence-electron chi connectivity index (χ4n) is 2.85. The van der Waals surface area contributed by atoms with Crippen LogP contribution in [-0.2, 0) is 0 Å². The van der Waals surface area contributed by atoms with Crippen LogP contribution in [0.3, 0.4) is 0 Å². The van der Waals surface area contributed by atoms with Crippen LogP contribution in [0.4, 0.5) is 5.69 Å². The van der Waals surface area contributed by atoms with Crippen LogP contribution in [0.15, 0.2) is 16.7 Å². The van der Waals surface area contributed by atoms with E-state index in [1.165, 1.54) is 25.7 Å². The summed E-state index contributed by atoms with van der Waals surface area (Å²) >= 11 is 9.51. The molecule has 0 amide bonds. The summed E-state index contributed by atoms with van der Waals surface area (Å²) in [6, 6.07) is 2.53. The van der Waals surface area contributed by atoms with Crippen LogP contribution in [0.1, 0.15) is 46.5 Å². The van der Waals surface area contributed by atoms with Gasteiger partial charge in [-0.1, -0.05) is 32.4 Å². The van der Waals surface area contributed by atoms with E-state index in [1.54, 1.807) is 6.20 Å². The van der Waals surface area contributed by atoms with Crippen molar-refractivity contribution in [2.45, 2.75) is 52.5 Å². The molecule has 1 fully saturated rings. The predicted molar refractivity (Wildman–Crippen MR) is 85.8 cm³/mol. The van der Waals surface area contributed by atoms with Gasteiger partial charge in [0.2, 0.25) is 0 Å². The second-order valence-electron chi connectivity index (χ2n) is 6.52. The van der Waals surface area contributed by atoms with E-state index in [4.69, 9.17) is 11.6 Å². The Morgan fingerprint density at radius 3 is 2.47 bits per heavy atom. The Balaban J connectivity index is 1.94. The van der Waals surface area contributed by atoms with E-state index >= 15 is 0 Å². The van der Waals surface area contributed by atoms with Crippen molar-refractivity contribution < 1.29 is 0 Å². The maximum absolute atomic E-state index is 6.02. The molecular formula is C15H22BrClN2. The van der Waals surface area contributed by atoms with E-state index in [0.29, 0.717) is 16.6 Å². The van der Waals surface area contributed by atoms with Crippen molar-refractivity contribution in [1.82, 2.24) is 4.98 Å². The van der Waals surface area contributed by atoms with Crippen LogP contribution in [0.2, 0.25) is 5.15 Å². The van der Waals surface area contributed by atoms with Gasteiger partial charge in [-0.2, -0.15) is 0 Å². The zero-order valence-corrected chi connectivity index (χ0v) is 14.2. The molecule has 0 saturated heterocycles. The van der Waals surface area contributed by atoms with Gasteiger partial charge in [-0.25, -0.2) is 4.98 Å². The molecule has 1 heterocycles. The summed E-state index contributed by atoms with van der Waals surface area (Å²) in [4.78, 5) is 4.06. The second kappa shape index (κ2) is 6.01. The number of aromatic nitrogens is 1. The number of anilines is 1. The molecule has 1 saturated carbocycles. The van der Waals surface area contributed by atoms with Crippen molar-refractivity contribution in [3.8, 4) is 0 Å². The molecule has 1 aliphatic carbocycles. The lowest BCUT2D eigenvalue weighted by molar-refractivity contribution is 0.173. The molecule has 0 aliphatic heterocycles. The highest BCUT2D eigenvalue weighted by Crippen LogP contribution is 2.39. The number of rotatable bonds is 2. The van der Waals surface area contributed by atoms with Gasteiger partial charge in [-0.3, -0.25) is 0 Å². The van der Waals surface area contributed by atoms with Crippen LogP contribution in [0.5, 0.6) is 0 Å². The van der Waals surface area contributed by atoms with Crippen molar-refractivity contribution in [2.75, 3.05) is 5.32 Å². The lowest BCUT2D eigenvalue weighted by Gasteiger charge is -2.37. The minimum absolute atomic E-state index is 0.436. The molecule has 0 bridgehead atoms. The topological polar surface area (TPSA) is 24.9 Å². The third-order valence-corrected chi connectivity index (χ3v) is 5.48. The summed E-state index contributed by atoms with van der Waals surface area (Å²) in [6.45, 7) is 7.06. The third-order valence-electron chi connectivity index (χ3n) is 4.16. The van der Waals surface area contributed by atoms with Gasteiger partial charge >= 0.3 is 0 Å². The van der Waals surface area contributed by atoms with Gasteiger partial charge in [0, 0.05) is 12.2 Å². The first kappa shape index (κ1) is 15.1. The van der Waals surface area contributed by atoms with Gasteiger partial charge in [0.1, 0.15) is 5.15 Å². The molecule has 2 rings (SSSR count).